The minimum absolute atomic E-state index is 0.103. The lowest BCUT2D eigenvalue weighted by atomic mass is 9.87. The number of benzene rings is 1. The van der Waals surface area contributed by atoms with E-state index in [-0.39, 0.29) is 18.0 Å². The molecule has 28 heavy (non-hydrogen) atoms. The van der Waals surface area contributed by atoms with Gasteiger partial charge in [0.1, 0.15) is 5.82 Å². The summed E-state index contributed by atoms with van der Waals surface area (Å²) in [5, 5.41) is 16.4. The second kappa shape index (κ2) is 8.04. The van der Waals surface area contributed by atoms with Crippen LogP contribution in [0.5, 0.6) is 0 Å². The van der Waals surface area contributed by atoms with E-state index < -0.39 is 11.9 Å². The molecule has 1 aromatic heterocycles. The van der Waals surface area contributed by atoms with Gasteiger partial charge in [-0.3, -0.25) is 10.1 Å². The Kier molecular flexibility index (Phi) is 5.72. The maximum atomic E-state index is 12.6. The molecule has 0 aliphatic carbocycles. The molecule has 0 spiro atoms. The van der Waals surface area contributed by atoms with Gasteiger partial charge < -0.3 is 10.0 Å². The van der Waals surface area contributed by atoms with Gasteiger partial charge in [-0.25, -0.2) is 9.48 Å². The normalized spacial score (nSPS) is 17.4. The Morgan fingerprint density at radius 3 is 2.57 bits per heavy atom. The summed E-state index contributed by atoms with van der Waals surface area (Å²) in [5.74, 6) is -0.741. The number of nitrogens with zero attached hydrogens (tertiary/aromatic N) is 3. The standard InChI is InChI=1S/C21H28N4O3/c1-21(2,3)17-8-6-15(7-9-17)13-25-18(10-11-22-25)23-20(28)24-12-4-5-16(14-24)19(26)27/h6-11,16H,4-5,12-14H2,1-3H3,(H,23,28)(H,26,27). The number of carbonyl (C=O) groups is 2. The molecule has 150 valence electrons. The molecule has 1 aliphatic heterocycles. The molecule has 7 nitrogen and oxygen atoms in total. The Bertz CT molecular complexity index is 836. The van der Waals surface area contributed by atoms with Gasteiger partial charge in [-0.2, -0.15) is 5.10 Å². The smallest absolute Gasteiger partial charge is 0.323 e. The number of hydrogen-bond donors (Lipinski definition) is 2. The number of likely N-dealkylation sites (tertiary alicyclic amines) is 1. The van der Waals surface area contributed by atoms with Gasteiger partial charge in [0.2, 0.25) is 0 Å². The number of piperidine rings is 1. The highest BCUT2D eigenvalue weighted by atomic mass is 16.4. The summed E-state index contributed by atoms with van der Waals surface area (Å²) in [6.45, 7) is 7.89. The molecule has 0 radical (unpaired) electrons. The van der Waals surface area contributed by atoms with Crippen molar-refractivity contribution in [2.45, 2.75) is 45.6 Å². The van der Waals surface area contributed by atoms with E-state index in [4.69, 9.17) is 0 Å². The van der Waals surface area contributed by atoms with Crippen LogP contribution in [0.15, 0.2) is 36.5 Å². The first-order valence-electron chi connectivity index (χ1n) is 9.64. The van der Waals surface area contributed by atoms with Crippen molar-refractivity contribution in [2.24, 2.45) is 5.92 Å². The monoisotopic (exact) mass is 384 g/mol. The zero-order valence-corrected chi connectivity index (χ0v) is 16.7. The van der Waals surface area contributed by atoms with E-state index in [9.17, 15) is 14.7 Å². The predicted octanol–water partition coefficient (Wildman–Crippen LogP) is 3.56. The minimum Gasteiger partial charge on any atom is -0.481 e. The number of rotatable bonds is 4. The first-order chi connectivity index (χ1) is 13.2. The fourth-order valence-electron chi connectivity index (χ4n) is 3.40. The van der Waals surface area contributed by atoms with Crippen LogP contribution in [-0.2, 0) is 16.8 Å². The molecule has 1 atom stereocenters. The van der Waals surface area contributed by atoms with Crippen molar-refractivity contribution in [2.75, 3.05) is 18.4 Å². The summed E-state index contributed by atoms with van der Waals surface area (Å²) < 4.78 is 1.74. The van der Waals surface area contributed by atoms with E-state index in [1.807, 2.05) is 0 Å². The van der Waals surface area contributed by atoms with Gasteiger partial charge >= 0.3 is 12.0 Å². The average molecular weight is 384 g/mol. The second-order valence-electron chi connectivity index (χ2n) is 8.37. The summed E-state index contributed by atoms with van der Waals surface area (Å²) in [6.07, 6.45) is 2.96. The molecule has 3 rings (SSSR count). The fraction of sp³-hybridized carbons (Fsp3) is 0.476. The highest BCUT2D eigenvalue weighted by Gasteiger charge is 2.28. The van der Waals surface area contributed by atoms with Gasteiger partial charge in [-0.05, 0) is 29.4 Å². The molecule has 0 saturated carbocycles. The molecule has 0 bridgehead atoms. The number of amides is 2. The number of anilines is 1. The molecule has 2 aromatic rings. The molecule has 2 N–H and O–H groups in total. The van der Waals surface area contributed by atoms with Crippen LogP contribution in [0.1, 0.15) is 44.7 Å². The van der Waals surface area contributed by atoms with Gasteiger partial charge in [0.05, 0.1) is 18.7 Å². The van der Waals surface area contributed by atoms with Gasteiger partial charge in [0.25, 0.3) is 0 Å². The maximum absolute atomic E-state index is 12.6. The Balaban J connectivity index is 1.65. The van der Waals surface area contributed by atoms with Crippen LogP contribution in [-0.4, -0.2) is 44.9 Å². The van der Waals surface area contributed by atoms with E-state index in [2.05, 4.69) is 55.5 Å². The zero-order chi connectivity index (χ0) is 20.3. The van der Waals surface area contributed by atoms with Crippen molar-refractivity contribution in [1.82, 2.24) is 14.7 Å². The maximum Gasteiger partial charge on any atom is 0.323 e. The number of hydrogen-bond acceptors (Lipinski definition) is 3. The number of carboxylic acids is 1. The van der Waals surface area contributed by atoms with Crippen LogP contribution >= 0.6 is 0 Å². The Morgan fingerprint density at radius 2 is 1.93 bits per heavy atom. The van der Waals surface area contributed by atoms with Gasteiger partial charge in [-0.15, -0.1) is 0 Å². The van der Waals surface area contributed by atoms with Crippen molar-refractivity contribution < 1.29 is 14.7 Å². The molecular weight excluding hydrogens is 356 g/mol. The first-order valence-corrected chi connectivity index (χ1v) is 9.64. The second-order valence-corrected chi connectivity index (χ2v) is 8.37. The van der Waals surface area contributed by atoms with E-state index in [0.717, 1.165) is 5.56 Å². The molecular formula is C21H28N4O3. The summed E-state index contributed by atoms with van der Waals surface area (Å²) in [7, 11) is 0. The van der Waals surface area contributed by atoms with Gasteiger partial charge in [0.15, 0.2) is 0 Å². The lowest BCUT2D eigenvalue weighted by molar-refractivity contribution is -0.143. The molecule has 2 amide bonds. The molecule has 1 aliphatic rings. The van der Waals surface area contributed by atoms with Crippen LogP contribution < -0.4 is 5.32 Å². The van der Waals surface area contributed by atoms with E-state index in [1.54, 1.807) is 21.8 Å². The third-order valence-electron chi connectivity index (χ3n) is 5.16. The van der Waals surface area contributed by atoms with E-state index in [1.165, 1.54) is 5.56 Å². The van der Waals surface area contributed by atoms with Gasteiger partial charge in [0, 0.05) is 19.2 Å². The summed E-state index contributed by atoms with van der Waals surface area (Å²) in [6, 6.07) is 9.87. The molecule has 2 heterocycles. The summed E-state index contributed by atoms with van der Waals surface area (Å²) >= 11 is 0. The minimum atomic E-state index is -0.846. The quantitative estimate of drug-likeness (QED) is 0.844. The number of aromatic nitrogens is 2. The largest absolute Gasteiger partial charge is 0.481 e. The SMILES string of the molecule is CC(C)(C)c1ccc(Cn2nccc2NC(=O)N2CCCC(C(=O)O)C2)cc1. The van der Waals surface area contributed by atoms with Crippen LogP contribution in [0.2, 0.25) is 0 Å². The number of carboxylic acid groups (broad SMARTS) is 1. The Hall–Kier alpha value is -2.83. The molecule has 1 aromatic carbocycles. The molecule has 1 saturated heterocycles. The van der Waals surface area contributed by atoms with Crippen LogP contribution in [0.25, 0.3) is 0 Å². The Morgan fingerprint density at radius 1 is 1.21 bits per heavy atom. The molecule has 1 unspecified atom stereocenters. The number of urea groups is 1. The summed E-state index contributed by atoms with van der Waals surface area (Å²) in [4.78, 5) is 25.4. The van der Waals surface area contributed by atoms with E-state index >= 15 is 0 Å². The predicted molar refractivity (Wildman–Crippen MR) is 107 cm³/mol. The van der Waals surface area contributed by atoms with Crippen molar-refractivity contribution in [3.63, 3.8) is 0 Å². The molecule has 7 heteroatoms. The first kappa shape index (κ1) is 19.9. The van der Waals surface area contributed by atoms with Crippen LogP contribution in [0.4, 0.5) is 10.6 Å². The number of aliphatic carboxylic acids is 1. The lowest BCUT2D eigenvalue weighted by Crippen LogP contribution is -2.44. The number of nitrogens with one attached hydrogen (secondary N) is 1. The average Bonchev–Trinajstić information content (AvgIpc) is 3.08. The lowest BCUT2D eigenvalue weighted by Gasteiger charge is -2.30. The number of carbonyl (C=O) groups excluding carboxylic acids is 1. The van der Waals surface area contributed by atoms with E-state index in [0.29, 0.717) is 31.7 Å². The van der Waals surface area contributed by atoms with Gasteiger partial charge in [-0.1, -0.05) is 45.0 Å². The van der Waals surface area contributed by atoms with Crippen LogP contribution in [0.3, 0.4) is 0 Å². The zero-order valence-electron chi connectivity index (χ0n) is 16.7. The van der Waals surface area contributed by atoms with Crippen molar-refractivity contribution in [3.8, 4) is 0 Å². The third kappa shape index (κ3) is 4.71. The Labute approximate surface area is 165 Å². The van der Waals surface area contributed by atoms with Crippen molar-refractivity contribution in [1.29, 1.82) is 0 Å². The highest BCUT2D eigenvalue weighted by molar-refractivity contribution is 5.89. The third-order valence-corrected chi connectivity index (χ3v) is 5.16. The topological polar surface area (TPSA) is 87.5 Å². The highest BCUT2D eigenvalue weighted by Crippen LogP contribution is 2.23. The molecule has 1 fully saturated rings. The summed E-state index contributed by atoms with van der Waals surface area (Å²) in [5.41, 5.74) is 2.46. The van der Waals surface area contributed by atoms with Crippen molar-refractivity contribution in [3.05, 3.63) is 47.7 Å². The van der Waals surface area contributed by atoms with Crippen molar-refractivity contribution >= 4 is 17.8 Å². The van der Waals surface area contributed by atoms with Crippen LogP contribution in [0, 0.1) is 5.92 Å². The fourth-order valence-corrected chi connectivity index (χ4v) is 3.40.